The van der Waals surface area contributed by atoms with Crippen LogP contribution in [-0.2, 0) is 0 Å². The Kier molecular flexibility index (Phi) is 3.66. The average Bonchev–Trinajstić information content (AvgIpc) is 3.02. The van der Waals surface area contributed by atoms with E-state index in [1.54, 1.807) is 0 Å². The van der Waals surface area contributed by atoms with Crippen LogP contribution in [0.4, 0.5) is 0 Å². The van der Waals surface area contributed by atoms with Crippen molar-refractivity contribution in [3.63, 3.8) is 0 Å². The molecule has 1 aromatic rings. The topological polar surface area (TPSA) is 29.1 Å². The molecule has 1 N–H and O–H groups in total. The molecular formula is C11H11BrINO. The Labute approximate surface area is 111 Å². The summed E-state index contributed by atoms with van der Waals surface area (Å²) in [4.78, 5) is 11.8. The Hall–Kier alpha value is -0.100. The van der Waals surface area contributed by atoms with Crippen LogP contribution in [0.25, 0.3) is 0 Å². The summed E-state index contributed by atoms with van der Waals surface area (Å²) in [5.41, 5.74) is 0.755. The molecular weight excluding hydrogens is 369 g/mol. The number of rotatable bonds is 3. The lowest BCUT2D eigenvalue weighted by molar-refractivity contribution is 0.0951. The molecule has 2 rings (SSSR count). The van der Waals surface area contributed by atoms with Crippen LogP contribution < -0.4 is 5.32 Å². The first-order valence-corrected chi connectivity index (χ1v) is 6.77. The summed E-state index contributed by atoms with van der Waals surface area (Å²) in [6.45, 7) is 0.821. The van der Waals surface area contributed by atoms with Gasteiger partial charge in [-0.25, -0.2) is 0 Å². The van der Waals surface area contributed by atoms with E-state index in [-0.39, 0.29) is 5.91 Å². The van der Waals surface area contributed by atoms with E-state index in [0.29, 0.717) is 0 Å². The van der Waals surface area contributed by atoms with Gasteiger partial charge in [0.1, 0.15) is 0 Å². The van der Waals surface area contributed by atoms with Crippen LogP contribution in [0.2, 0.25) is 0 Å². The molecule has 15 heavy (non-hydrogen) atoms. The number of carbonyl (C=O) groups is 1. The lowest BCUT2D eigenvalue weighted by Gasteiger charge is -2.06. The second-order valence-corrected chi connectivity index (χ2v) is 5.86. The van der Waals surface area contributed by atoms with Crippen molar-refractivity contribution >= 4 is 44.4 Å². The molecule has 0 bridgehead atoms. The fourth-order valence-corrected chi connectivity index (χ4v) is 2.27. The standard InChI is InChI=1S/C11H11BrINO/c12-8-3-4-10(13)9(5-8)11(15)14-6-7-1-2-7/h3-5,7H,1-2,6H2,(H,14,15). The summed E-state index contributed by atoms with van der Waals surface area (Å²) in [6.07, 6.45) is 2.52. The number of amides is 1. The summed E-state index contributed by atoms with van der Waals surface area (Å²) in [5.74, 6) is 0.756. The Morgan fingerprint density at radius 2 is 2.27 bits per heavy atom. The maximum absolute atomic E-state index is 11.8. The molecule has 80 valence electrons. The number of halogens is 2. The highest BCUT2D eigenvalue weighted by Gasteiger charge is 2.22. The molecule has 0 aliphatic heterocycles. The molecule has 0 saturated heterocycles. The monoisotopic (exact) mass is 379 g/mol. The highest BCUT2D eigenvalue weighted by Crippen LogP contribution is 2.27. The minimum absolute atomic E-state index is 0.0348. The number of hydrogen-bond acceptors (Lipinski definition) is 1. The summed E-state index contributed by atoms with van der Waals surface area (Å²) in [6, 6.07) is 5.75. The SMILES string of the molecule is O=C(NCC1CC1)c1cc(Br)ccc1I. The van der Waals surface area contributed by atoms with E-state index in [4.69, 9.17) is 0 Å². The largest absolute Gasteiger partial charge is 0.352 e. The van der Waals surface area contributed by atoms with Crippen LogP contribution in [0.5, 0.6) is 0 Å². The van der Waals surface area contributed by atoms with Gasteiger partial charge in [-0.15, -0.1) is 0 Å². The van der Waals surface area contributed by atoms with Crippen LogP contribution in [0.15, 0.2) is 22.7 Å². The van der Waals surface area contributed by atoms with Crippen molar-refractivity contribution in [2.45, 2.75) is 12.8 Å². The quantitative estimate of drug-likeness (QED) is 0.803. The third kappa shape index (κ3) is 3.17. The van der Waals surface area contributed by atoms with Crippen LogP contribution >= 0.6 is 38.5 Å². The molecule has 2 nitrogen and oxygen atoms in total. The van der Waals surface area contributed by atoms with Crippen LogP contribution in [0.3, 0.4) is 0 Å². The van der Waals surface area contributed by atoms with Gasteiger partial charge in [-0.2, -0.15) is 0 Å². The van der Waals surface area contributed by atoms with Crippen molar-refractivity contribution in [1.29, 1.82) is 0 Å². The van der Waals surface area contributed by atoms with Crippen molar-refractivity contribution in [2.24, 2.45) is 5.92 Å². The van der Waals surface area contributed by atoms with Crippen molar-refractivity contribution in [2.75, 3.05) is 6.54 Å². The Morgan fingerprint density at radius 1 is 1.53 bits per heavy atom. The predicted octanol–water partition coefficient (Wildman–Crippen LogP) is 3.19. The maximum Gasteiger partial charge on any atom is 0.252 e. The van der Waals surface area contributed by atoms with E-state index in [0.717, 1.165) is 26.1 Å². The van der Waals surface area contributed by atoms with Gasteiger partial charge < -0.3 is 5.32 Å². The van der Waals surface area contributed by atoms with E-state index in [9.17, 15) is 4.79 Å². The molecule has 1 saturated carbocycles. The predicted molar refractivity (Wildman–Crippen MR) is 71.9 cm³/mol. The van der Waals surface area contributed by atoms with Gasteiger partial charge in [0.2, 0.25) is 0 Å². The summed E-state index contributed by atoms with van der Waals surface area (Å²) in [5, 5.41) is 2.96. The first kappa shape index (κ1) is 11.4. The number of carbonyl (C=O) groups excluding carboxylic acids is 1. The lowest BCUT2D eigenvalue weighted by Crippen LogP contribution is -2.26. The Morgan fingerprint density at radius 3 is 2.93 bits per heavy atom. The van der Waals surface area contributed by atoms with Gasteiger partial charge in [0, 0.05) is 14.6 Å². The van der Waals surface area contributed by atoms with Gasteiger partial charge in [-0.05, 0) is 59.5 Å². The van der Waals surface area contributed by atoms with Crippen LogP contribution in [-0.4, -0.2) is 12.5 Å². The smallest absolute Gasteiger partial charge is 0.252 e. The number of hydrogen-bond donors (Lipinski definition) is 1. The van der Waals surface area contributed by atoms with Gasteiger partial charge in [0.25, 0.3) is 5.91 Å². The first-order valence-electron chi connectivity index (χ1n) is 4.90. The molecule has 1 aliphatic rings. The Balaban J connectivity index is 2.05. The van der Waals surface area contributed by atoms with Crippen LogP contribution in [0, 0.1) is 9.49 Å². The van der Waals surface area contributed by atoms with E-state index in [1.807, 2.05) is 18.2 Å². The van der Waals surface area contributed by atoms with Crippen molar-refractivity contribution in [3.8, 4) is 0 Å². The molecule has 1 fully saturated rings. The molecule has 0 aromatic heterocycles. The molecule has 1 aromatic carbocycles. The fraction of sp³-hybridized carbons (Fsp3) is 0.364. The molecule has 1 aliphatic carbocycles. The third-order valence-corrected chi connectivity index (χ3v) is 3.86. The summed E-state index contributed by atoms with van der Waals surface area (Å²) in [7, 11) is 0. The average molecular weight is 380 g/mol. The summed E-state index contributed by atoms with van der Waals surface area (Å²) < 4.78 is 1.93. The zero-order chi connectivity index (χ0) is 10.8. The number of benzene rings is 1. The third-order valence-electron chi connectivity index (χ3n) is 2.42. The highest BCUT2D eigenvalue weighted by atomic mass is 127. The normalized spacial score (nSPS) is 15.1. The van der Waals surface area contributed by atoms with Crippen LogP contribution in [0.1, 0.15) is 23.2 Å². The van der Waals surface area contributed by atoms with Crippen molar-refractivity contribution < 1.29 is 4.79 Å². The van der Waals surface area contributed by atoms with Crippen molar-refractivity contribution in [1.82, 2.24) is 5.32 Å². The molecule has 4 heteroatoms. The zero-order valence-electron chi connectivity index (χ0n) is 8.09. The van der Waals surface area contributed by atoms with E-state index in [2.05, 4.69) is 43.8 Å². The van der Waals surface area contributed by atoms with Gasteiger partial charge in [0.15, 0.2) is 0 Å². The minimum atomic E-state index is 0.0348. The molecule has 0 radical (unpaired) electrons. The molecule has 0 heterocycles. The fourth-order valence-electron chi connectivity index (χ4n) is 1.33. The van der Waals surface area contributed by atoms with Crippen molar-refractivity contribution in [3.05, 3.63) is 31.8 Å². The number of nitrogens with one attached hydrogen (secondary N) is 1. The first-order chi connectivity index (χ1) is 7.16. The summed E-state index contributed by atoms with van der Waals surface area (Å²) >= 11 is 5.56. The minimum Gasteiger partial charge on any atom is -0.352 e. The second-order valence-electron chi connectivity index (χ2n) is 3.78. The van der Waals surface area contributed by atoms with E-state index >= 15 is 0 Å². The molecule has 0 unspecified atom stereocenters. The van der Waals surface area contributed by atoms with Gasteiger partial charge >= 0.3 is 0 Å². The van der Waals surface area contributed by atoms with Gasteiger partial charge in [0.05, 0.1) is 5.56 Å². The van der Waals surface area contributed by atoms with E-state index in [1.165, 1.54) is 12.8 Å². The second kappa shape index (κ2) is 4.82. The molecule has 1 amide bonds. The lowest BCUT2D eigenvalue weighted by atomic mass is 10.2. The van der Waals surface area contributed by atoms with E-state index < -0.39 is 0 Å². The molecule has 0 atom stereocenters. The molecule has 0 spiro atoms. The Bertz CT molecular complexity index is 390. The van der Waals surface area contributed by atoms with Gasteiger partial charge in [-0.3, -0.25) is 4.79 Å². The zero-order valence-corrected chi connectivity index (χ0v) is 11.8. The highest BCUT2D eigenvalue weighted by molar-refractivity contribution is 14.1. The van der Waals surface area contributed by atoms with Gasteiger partial charge in [-0.1, -0.05) is 15.9 Å². The maximum atomic E-state index is 11.8.